The highest BCUT2D eigenvalue weighted by Crippen LogP contribution is 2.31. The average molecular weight is 275 g/mol. The van der Waals surface area contributed by atoms with Gasteiger partial charge in [-0.25, -0.2) is 0 Å². The Hall–Kier alpha value is -1.62. The summed E-state index contributed by atoms with van der Waals surface area (Å²) in [5.74, 6) is 0.301. The third-order valence-electron chi connectivity index (χ3n) is 4.43. The smallest absolute Gasteiger partial charge is 0.225 e. The molecule has 1 amide bonds. The SMILES string of the molecule is CC[C@H](O)c1ccc(N2CCCC3C(=O)NCC32)cn1. The quantitative estimate of drug-likeness (QED) is 0.871. The molecule has 0 aromatic carbocycles. The normalized spacial score (nSPS) is 27.1. The summed E-state index contributed by atoms with van der Waals surface area (Å²) in [4.78, 5) is 18.4. The lowest BCUT2D eigenvalue weighted by Crippen LogP contribution is -2.45. The van der Waals surface area contributed by atoms with Crippen LogP contribution in [0.25, 0.3) is 0 Å². The van der Waals surface area contributed by atoms with Crippen molar-refractivity contribution in [1.82, 2.24) is 10.3 Å². The zero-order chi connectivity index (χ0) is 14.1. The number of aromatic nitrogens is 1. The number of hydrogen-bond donors (Lipinski definition) is 2. The Balaban J connectivity index is 1.80. The largest absolute Gasteiger partial charge is 0.387 e. The Morgan fingerprint density at radius 3 is 3.10 bits per heavy atom. The van der Waals surface area contributed by atoms with Crippen LogP contribution in [-0.2, 0) is 4.79 Å². The third-order valence-corrected chi connectivity index (χ3v) is 4.43. The fraction of sp³-hybridized carbons (Fsp3) is 0.600. The molecule has 0 spiro atoms. The molecule has 1 aromatic rings. The van der Waals surface area contributed by atoms with Crippen molar-refractivity contribution in [3.05, 3.63) is 24.0 Å². The molecule has 5 nitrogen and oxygen atoms in total. The van der Waals surface area contributed by atoms with Crippen LogP contribution in [0.2, 0.25) is 0 Å². The summed E-state index contributed by atoms with van der Waals surface area (Å²) in [6.45, 7) is 3.63. The van der Waals surface area contributed by atoms with Gasteiger partial charge in [0.05, 0.1) is 35.6 Å². The highest BCUT2D eigenvalue weighted by Gasteiger charge is 2.40. The van der Waals surface area contributed by atoms with Gasteiger partial charge >= 0.3 is 0 Å². The molecule has 0 saturated carbocycles. The van der Waals surface area contributed by atoms with Crippen LogP contribution in [0.15, 0.2) is 18.3 Å². The number of piperidine rings is 1. The van der Waals surface area contributed by atoms with Gasteiger partial charge < -0.3 is 15.3 Å². The maximum atomic E-state index is 11.8. The number of nitrogens with zero attached hydrogens (tertiary/aromatic N) is 2. The van der Waals surface area contributed by atoms with E-state index in [1.807, 2.05) is 25.3 Å². The number of aliphatic hydroxyl groups is 1. The van der Waals surface area contributed by atoms with Crippen LogP contribution in [0.4, 0.5) is 5.69 Å². The number of nitrogens with one attached hydrogen (secondary N) is 1. The van der Waals surface area contributed by atoms with E-state index in [2.05, 4.69) is 15.2 Å². The molecule has 3 atom stereocenters. The molecule has 0 bridgehead atoms. The summed E-state index contributed by atoms with van der Waals surface area (Å²) >= 11 is 0. The Kier molecular flexibility index (Phi) is 3.61. The summed E-state index contributed by atoms with van der Waals surface area (Å²) in [5, 5.41) is 12.7. The van der Waals surface area contributed by atoms with Crippen LogP contribution in [0.1, 0.15) is 38.0 Å². The van der Waals surface area contributed by atoms with Crippen molar-refractivity contribution < 1.29 is 9.90 Å². The van der Waals surface area contributed by atoms with Gasteiger partial charge in [0.2, 0.25) is 5.91 Å². The van der Waals surface area contributed by atoms with Crippen molar-refractivity contribution in [2.45, 2.75) is 38.3 Å². The van der Waals surface area contributed by atoms with E-state index in [1.165, 1.54) is 0 Å². The second-order valence-electron chi connectivity index (χ2n) is 5.62. The van der Waals surface area contributed by atoms with E-state index in [1.54, 1.807) is 0 Å². The van der Waals surface area contributed by atoms with E-state index in [-0.39, 0.29) is 17.9 Å². The Morgan fingerprint density at radius 1 is 1.55 bits per heavy atom. The summed E-state index contributed by atoms with van der Waals surface area (Å²) in [5.41, 5.74) is 1.76. The molecule has 2 fully saturated rings. The number of fused-ring (bicyclic) bond motifs is 1. The predicted molar refractivity (Wildman–Crippen MR) is 76.4 cm³/mol. The second-order valence-corrected chi connectivity index (χ2v) is 5.62. The molecular weight excluding hydrogens is 254 g/mol. The first-order valence-corrected chi connectivity index (χ1v) is 7.39. The number of pyridine rings is 1. The van der Waals surface area contributed by atoms with Crippen molar-refractivity contribution in [2.75, 3.05) is 18.0 Å². The molecule has 5 heteroatoms. The first kappa shape index (κ1) is 13.4. The van der Waals surface area contributed by atoms with Crippen molar-refractivity contribution in [3.8, 4) is 0 Å². The van der Waals surface area contributed by atoms with E-state index in [0.717, 1.165) is 31.6 Å². The Labute approximate surface area is 119 Å². The van der Waals surface area contributed by atoms with Crippen molar-refractivity contribution >= 4 is 11.6 Å². The number of carbonyl (C=O) groups excluding carboxylic acids is 1. The molecule has 2 N–H and O–H groups in total. The van der Waals surface area contributed by atoms with Crippen LogP contribution in [0, 0.1) is 5.92 Å². The molecule has 108 valence electrons. The molecule has 20 heavy (non-hydrogen) atoms. The fourth-order valence-corrected chi connectivity index (χ4v) is 3.25. The van der Waals surface area contributed by atoms with Crippen LogP contribution < -0.4 is 10.2 Å². The fourth-order valence-electron chi connectivity index (χ4n) is 3.25. The minimum atomic E-state index is -0.493. The number of hydrogen-bond acceptors (Lipinski definition) is 4. The number of carbonyl (C=O) groups is 1. The topological polar surface area (TPSA) is 65.5 Å². The molecule has 0 radical (unpaired) electrons. The van der Waals surface area contributed by atoms with E-state index >= 15 is 0 Å². The van der Waals surface area contributed by atoms with Gasteiger partial charge in [0.25, 0.3) is 0 Å². The third kappa shape index (κ3) is 2.26. The van der Waals surface area contributed by atoms with Gasteiger partial charge in [0, 0.05) is 13.1 Å². The summed E-state index contributed by atoms with van der Waals surface area (Å²) in [6, 6.07) is 4.14. The maximum Gasteiger partial charge on any atom is 0.225 e. The first-order valence-electron chi connectivity index (χ1n) is 7.39. The van der Waals surface area contributed by atoms with Crippen LogP contribution in [0.3, 0.4) is 0 Å². The lowest BCUT2D eigenvalue weighted by molar-refractivity contribution is -0.122. The van der Waals surface area contributed by atoms with Crippen LogP contribution in [0.5, 0.6) is 0 Å². The molecule has 2 aliphatic rings. The number of amides is 1. The molecule has 3 heterocycles. The minimum Gasteiger partial charge on any atom is -0.387 e. The van der Waals surface area contributed by atoms with Gasteiger partial charge in [-0.15, -0.1) is 0 Å². The molecule has 1 aromatic heterocycles. The molecule has 2 aliphatic heterocycles. The first-order chi connectivity index (χ1) is 9.70. The molecule has 2 unspecified atom stereocenters. The van der Waals surface area contributed by atoms with E-state index in [0.29, 0.717) is 12.1 Å². The van der Waals surface area contributed by atoms with Crippen LogP contribution in [-0.4, -0.2) is 35.1 Å². The molecule has 0 aliphatic carbocycles. The number of rotatable bonds is 3. The van der Waals surface area contributed by atoms with Gasteiger partial charge in [0.15, 0.2) is 0 Å². The monoisotopic (exact) mass is 275 g/mol. The van der Waals surface area contributed by atoms with E-state index in [4.69, 9.17) is 0 Å². The van der Waals surface area contributed by atoms with Crippen molar-refractivity contribution in [1.29, 1.82) is 0 Å². The Morgan fingerprint density at radius 2 is 2.40 bits per heavy atom. The highest BCUT2D eigenvalue weighted by molar-refractivity contribution is 5.83. The van der Waals surface area contributed by atoms with Gasteiger partial charge in [-0.1, -0.05) is 6.92 Å². The van der Waals surface area contributed by atoms with Gasteiger partial charge in [-0.05, 0) is 31.4 Å². The zero-order valence-electron chi connectivity index (χ0n) is 11.7. The molecular formula is C15H21N3O2. The second kappa shape index (κ2) is 5.40. The number of anilines is 1. The van der Waals surface area contributed by atoms with Crippen LogP contribution >= 0.6 is 0 Å². The van der Waals surface area contributed by atoms with Gasteiger partial charge in [-0.3, -0.25) is 9.78 Å². The summed E-state index contributed by atoms with van der Waals surface area (Å²) < 4.78 is 0. The standard InChI is InChI=1S/C15H21N3O2/c1-2-14(19)12-6-5-10(8-16-12)18-7-3-4-11-13(18)9-17-15(11)20/h5-6,8,11,13-14,19H,2-4,7,9H2,1H3,(H,17,20)/t11?,13?,14-/m0/s1. The van der Waals surface area contributed by atoms with Crippen molar-refractivity contribution in [2.24, 2.45) is 5.92 Å². The lowest BCUT2D eigenvalue weighted by atomic mass is 9.91. The zero-order valence-corrected chi connectivity index (χ0v) is 11.7. The van der Waals surface area contributed by atoms with E-state index < -0.39 is 6.10 Å². The predicted octanol–water partition coefficient (Wildman–Crippen LogP) is 1.24. The van der Waals surface area contributed by atoms with Gasteiger partial charge in [-0.2, -0.15) is 0 Å². The summed E-state index contributed by atoms with van der Waals surface area (Å²) in [7, 11) is 0. The highest BCUT2D eigenvalue weighted by atomic mass is 16.3. The molecule has 2 saturated heterocycles. The lowest BCUT2D eigenvalue weighted by Gasteiger charge is -2.37. The van der Waals surface area contributed by atoms with Crippen molar-refractivity contribution in [3.63, 3.8) is 0 Å². The average Bonchev–Trinajstić information content (AvgIpc) is 2.88. The molecule has 3 rings (SSSR count). The number of aliphatic hydroxyl groups excluding tert-OH is 1. The minimum absolute atomic E-state index is 0.115. The van der Waals surface area contributed by atoms with E-state index in [9.17, 15) is 9.90 Å². The van der Waals surface area contributed by atoms with Gasteiger partial charge in [0.1, 0.15) is 0 Å². The Bertz CT molecular complexity index is 488. The maximum absolute atomic E-state index is 11.8. The summed E-state index contributed by atoms with van der Waals surface area (Å²) in [6.07, 6.45) is 4.01.